The monoisotopic (exact) mass is 358 g/mol. The van der Waals surface area contributed by atoms with Crippen molar-refractivity contribution in [3.05, 3.63) is 112 Å². The molecule has 3 aromatic carbocycles. The average Bonchev–Trinajstić information content (AvgIpc) is 2.72. The number of carbonyl (C=O) groups excluding carboxylic acids is 1. The van der Waals surface area contributed by atoms with Crippen molar-refractivity contribution in [1.82, 2.24) is 5.32 Å². The van der Waals surface area contributed by atoms with Crippen LogP contribution in [0.5, 0.6) is 0 Å². The third-order valence-electron chi connectivity index (χ3n) is 4.02. The Kier molecular flexibility index (Phi) is 5.74. The van der Waals surface area contributed by atoms with Gasteiger partial charge in [0.15, 0.2) is 0 Å². The number of hydrogen-bond donors (Lipinski definition) is 1. The standard InChI is InChI=1S/C22H18N2O3/c25-22(23-16-17-8-3-1-4-9-17)21(19-11-5-2-6-12-19)15-18-10-7-13-20(14-18)24(26)27/h1-15H,16H2,(H,23,25)/b21-15+. The van der Waals surface area contributed by atoms with Gasteiger partial charge in [-0.1, -0.05) is 72.8 Å². The molecule has 3 rings (SSSR count). The van der Waals surface area contributed by atoms with Crippen LogP contribution in [-0.4, -0.2) is 10.8 Å². The van der Waals surface area contributed by atoms with Crippen molar-refractivity contribution in [1.29, 1.82) is 0 Å². The summed E-state index contributed by atoms with van der Waals surface area (Å²) in [4.78, 5) is 23.4. The summed E-state index contributed by atoms with van der Waals surface area (Å²) in [6.45, 7) is 0.402. The molecule has 0 aliphatic rings. The van der Waals surface area contributed by atoms with Crippen molar-refractivity contribution in [2.45, 2.75) is 6.54 Å². The highest BCUT2D eigenvalue weighted by Gasteiger charge is 2.13. The van der Waals surface area contributed by atoms with Gasteiger partial charge in [0.2, 0.25) is 0 Å². The molecule has 134 valence electrons. The van der Waals surface area contributed by atoms with E-state index in [1.54, 1.807) is 18.2 Å². The van der Waals surface area contributed by atoms with E-state index in [0.29, 0.717) is 17.7 Å². The Bertz CT molecular complexity index is 967. The molecule has 0 aromatic heterocycles. The molecule has 0 saturated heterocycles. The van der Waals surface area contributed by atoms with Crippen molar-refractivity contribution in [2.75, 3.05) is 0 Å². The highest BCUT2D eigenvalue weighted by atomic mass is 16.6. The normalized spacial score (nSPS) is 11.0. The second kappa shape index (κ2) is 8.58. The maximum atomic E-state index is 12.8. The van der Waals surface area contributed by atoms with Crippen LogP contribution in [0.1, 0.15) is 16.7 Å². The quantitative estimate of drug-likeness (QED) is 0.306. The van der Waals surface area contributed by atoms with Gasteiger partial charge in [0.05, 0.1) is 4.92 Å². The minimum Gasteiger partial charge on any atom is -0.348 e. The number of nitrogens with one attached hydrogen (secondary N) is 1. The van der Waals surface area contributed by atoms with Crippen LogP contribution in [0.4, 0.5) is 5.69 Å². The number of nitro benzene ring substituents is 1. The molecule has 3 aromatic rings. The maximum absolute atomic E-state index is 12.8. The Balaban J connectivity index is 1.90. The second-order valence-corrected chi connectivity index (χ2v) is 5.94. The van der Waals surface area contributed by atoms with Crippen molar-refractivity contribution in [2.24, 2.45) is 0 Å². The van der Waals surface area contributed by atoms with Crippen molar-refractivity contribution in [3.8, 4) is 0 Å². The molecular formula is C22H18N2O3. The van der Waals surface area contributed by atoms with Gasteiger partial charge in [-0.2, -0.15) is 0 Å². The number of hydrogen-bond acceptors (Lipinski definition) is 3. The van der Waals surface area contributed by atoms with E-state index in [4.69, 9.17) is 0 Å². The molecule has 0 fully saturated rings. The first-order valence-electron chi connectivity index (χ1n) is 8.47. The lowest BCUT2D eigenvalue weighted by atomic mass is 10.0. The van der Waals surface area contributed by atoms with E-state index in [0.717, 1.165) is 11.1 Å². The molecule has 0 aliphatic carbocycles. The van der Waals surface area contributed by atoms with E-state index in [1.807, 2.05) is 60.7 Å². The van der Waals surface area contributed by atoms with E-state index in [-0.39, 0.29) is 11.6 Å². The van der Waals surface area contributed by atoms with Crippen LogP contribution in [0.3, 0.4) is 0 Å². The molecule has 0 radical (unpaired) electrons. The van der Waals surface area contributed by atoms with E-state index in [9.17, 15) is 14.9 Å². The topological polar surface area (TPSA) is 72.2 Å². The van der Waals surface area contributed by atoms with Gasteiger partial charge in [-0.15, -0.1) is 0 Å². The van der Waals surface area contributed by atoms with Crippen molar-refractivity contribution >= 4 is 23.2 Å². The minimum atomic E-state index is -0.449. The Labute approximate surface area is 157 Å². The smallest absolute Gasteiger partial charge is 0.270 e. The molecule has 0 bridgehead atoms. The second-order valence-electron chi connectivity index (χ2n) is 5.94. The lowest BCUT2D eigenvalue weighted by molar-refractivity contribution is -0.384. The Morgan fingerprint density at radius 3 is 2.26 bits per heavy atom. The summed E-state index contributed by atoms with van der Waals surface area (Å²) in [6.07, 6.45) is 1.67. The summed E-state index contributed by atoms with van der Waals surface area (Å²) < 4.78 is 0. The fourth-order valence-corrected chi connectivity index (χ4v) is 2.67. The van der Waals surface area contributed by atoms with E-state index < -0.39 is 4.92 Å². The summed E-state index contributed by atoms with van der Waals surface area (Å²) in [5.41, 5.74) is 2.77. The van der Waals surface area contributed by atoms with Crippen LogP contribution in [0.25, 0.3) is 11.6 Å². The number of nitro groups is 1. The fourth-order valence-electron chi connectivity index (χ4n) is 2.67. The number of carbonyl (C=O) groups is 1. The van der Waals surface area contributed by atoms with Crippen LogP contribution in [0.2, 0.25) is 0 Å². The Morgan fingerprint density at radius 2 is 1.59 bits per heavy atom. The first-order chi connectivity index (χ1) is 13.1. The lowest BCUT2D eigenvalue weighted by Crippen LogP contribution is -2.23. The third-order valence-corrected chi connectivity index (χ3v) is 4.02. The zero-order chi connectivity index (χ0) is 19.1. The summed E-state index contributed by atoms with van der Waals surface area (Å²) >= 11 is 0. The van der Waals surface area contributed by atoms with Gasteiger partial charge in [0, 0.05) is 24.3 Å². The van der Waals surface area contributed by atoms with Gasteiger partial charge in [0.1, 0.15) is 0 Å². The number of benzene rings is 3. The minimum absolute atomic E-state index is 0.0131. The van der Waals surface area contributed by atoms with Gasteiger partial charge >= 0.3 is 0 Å². The molecule has 0 saturated carbocycles. The number of nitrogens with zero attached hydrogens (tertiary/aromatic N) is 1. The molecule has 0 aliphatic heterocycles. The molecule has 1 N–H and O–H groups in total. The van der Waals surface area contributed by atoms with Crippen molar-refractivity contribution < 1.29 is 9.72 Å². The molecule has 0 atom stereocenters. The highest BCUT2D eigenvalue weighted by molar-refractivity contribution is 6.24. The predicted octanol–water partition coefficient (Wildman–Crippen LogP) is 4.45. The molecule has 5 nitrogen and oxygen atoms in total. The van der Waals surface area contributed by atoms with E-state index >= 15 is 0 Å². The van der Waals surface area contributed by atoms with Gasteiger partial charge in [-0.05, 0) is 22.8 Å². The number of amides is 1. The molecule has 0 spiro atoms. The maximum Gasteiger partial charge on any atom is 0.270 e. The molecule has 1 amide bonds. The van der Waals surface area contributed by atoms with Crippen LogP contribution < -0.4 is 5.32 Å². The van der Waals surface area contributed by atoms with Crippen LogP contribution in [-0.2, 0) is 11.3 Å². The molecule has 0 unspecified atom stereocenters. The molecule has 27 heavy (non-hydrogen) atoms. The van der Waals surface area contributed by atoms with Gasteiger partial charge < -0.3 is 5.32 Å². The van der Waals surface area contributed by atoms with Gasteiger partial charge in [-0.3, -0.25) is 14.9 Å². The summed E-state index contributed by atoms with van der Waals surface area (Å²) in [5.74, 6) is -0.239. The average molecular weight is 358 g/mol. The fraction of sp³-hybridized carbons (Fsp3) is 0.0455. The largest absolute Gasteiger partial charge is 0.348 e. The number of non-ortho nitro benzene ring substituents is 1. The van der Waals surface area contributed by atoms with Crippen LogP contribution in [0, 0.1) is 10.1 Å². The first kappa shape index (κ1) is 18.1. The molecule has 5 heteroatoms. The van der Waals surface area contributed by atoms with Crippen molar-refractivity contribution in [3.63, 3.8) is 0 Å². The summed E-state index contributed by atoms with van der Waals surface area (Å²) in [6, 6.07) is 25.1. The zero-order valence-corrected chi connectivity index (χ0v) is 14.5. The Morgan fingerprint density at radius 1 is 0.926 bits per heavy atom. The van der Waals surface area contributed by atoms with E-state index in [1.165, 1.54) is 12.1 Å². The molecule has 0 heterocycles. The third kappa shape index (κ3) is 4.89. The highest BCUT2D eigenvalue weighted by Crippen LogP contribution is 2.21. The molecular weight excluding hydrogens is 340 g/mol. The summed E-state index contributed by atoms with van der Waals surface area (Å²) in [5, 5.41) is 13.9. The van der Waals surface area contributed by atoms with Crippen LogP contribution >= 0.6 is 0 Å². The van der Waals surface area contributed by atoms with E-state index in [2.05, 4.69) is 5.32 Å². The zero-order valence-electron chi connectivity index (χ0n) is 14.5. The van der Waals surface area contributed by atoms with Gasteiger partial charge in [-0.25, -0.2) is 0 Å². The lowest BCUT2D eigenvalue weighted by Gasteiger charge is -2.10. The van der Waals surface area contributed by atoms with Crippen LogP contribution in [0.15, 0.2) is 84.9 Å². The first-order valence-corrected chi connectivity index (χ1v) is 8.47. The van der Waals surface area contributed by atoms with Gasteiger partial charge in [0.25, 0.3) is 11.6 Å². The predicted molar refractivity (Wildman–Crippen MR) is 106 cm³/mol. The Hall–Kier alpha value is -3.73. The summed E-state index contributed by atoms with van der Waals surface area (Å²) in [7, 11) is 0. The SMILES string of the molecule is O=C(NCc1ccccc1)/C(=C/c1cccc([N+](=O)[O-])c1)c1ccccc1. The number of rotatable bonds is 6.